The lowest BCUT2D eigenvalue weighted by Gasteiger charge is -2.59. The fourth-order valence-corrected chi connectivity index (χ4v) is 6.24. The van der Waals surface area contributed by atoms with E-state index in [-0.39, 0.29) is 54.8 Å². The Balaban J connectivity index is 1.32. The molecule has 0 unspecified atom stereocenters. The van der Waals surface area contributed by atoms with Crippen LogP contribution >= 0.6 is 0 Å². The van der Waals surface area contributed by atoms with E-state index in [1.165, 1.54) is 6.42 Å². The molecule has 2 aromatic carbocycles. The number of carbonyl (C=O) groups excluding carboxylic acids is 3. The molecular weight excluding hydrogens is 454 g/mol. The van der Waals surface area contributed by atoms with Gasteiger partial charge < -0.3 is 19.8 Å². The Labute approximate surface area is 212 Å². The summed E-state index contributed by atoms with van der Waals surface area (Å²) in [5.74, 6) is 0.0775. The minimum atomic E-state index is -0.253. The van der Waals surface area contributed by atoms with Gasteiger partial charge in [0.2, 0.25) is 11.8 Å². The van der Waals surface area contributed by atoms with E-state index < -0.39 is 0 Å². The van der Waals surface area contributed by atoms with Crippen LogP contribution in [-0.4, -0.2) is 83.4 Å². The first-order chi connectivity index (χ1) is 17.4. The van der Waals surface area contributed by atoms with Gasteiger partial charge in [-0.1, -0.05) is 55.7 Å². The van der Waals surface area contributed by atoms with Gasteiger partial charge in [0.05, 0.1) is 25.2 Å². The van der Waals surface area contributed by atoms with Gasteiger partial charge in [-0.2, -0.15) is 0 Å². The lowest BCUT2D eigenvalue weighted by atomic mass is 9.73. The van der Waals surface area contributed by atoms with E-state index in [1.807, 2.05) is 36.4 Å². The molecule has 2 saturated heterocycles. The minimum Gasteiger partial charge on any atom is -0.394 e. The Morgan fingerprint density at radius 1 is 0.944 bits per heavy atom. The standard InChI is InChI=1S/C29H35N3O4/c1-30(2)28(35)23-14-10-20(11-15-23)19-8-12-21(13-9-19)27-24-16-31(17-26(34)32(24)25(27)18-33)29(36)22-6-4-3-5-7-22/h8-15,22,24-25,27,33H,3-7,16-18H2,1-2H3/t24-,25+,27+/m1/s1. The largest absolute Gasteiger partial charge is 0.394 e. The molecule has 0 spiro atoms. The van der Waals surface area contributed by atoms with E-state index in [0.29, 0.717) is 12.1 Å². The van der Waals surface area contributed by atoms with Gasteiger partial charge in [-0.05, 0) is 41.7 Å². The fourth-order valence-electron chi connectivity index (χ4n) is 6.24. The van der Waals surface area contributed by atoms with E-state index in [9.17, 15) is 19.5 Å². The minimum absolute atomic E-state index is 0.00459. The Morgan fingerprint density at radius 3 is 2.14 bits per heavy atom. The zero-order valence-electron chi connectivity index (χ0n) is 21.1. The fraction of sp³-hybridized carbons (Fsp3) is 0.483. The van der Waals surface area contributed by atoms with Crippen LogP contribution < -0.4 is 0 Å². The summed E-state index contributed by atoms with van der Waals surface area (Å²) in [6.45, 7) is 0.568. The van der Waals surface area contributed by atoms with Crippen molar-refractivity contribution in [2.75, 3.05) is 33.8 Å². The average Bonchev–Trinajstić information content (AvgIpc) is 2.90. The van der Waals surface area contributed by atoms with Crippen LogP contribution in [0.5, 0.6) is 0 Å². The van der Waals surface area contributed by atoms with Crippen molar-refractivity contribution in [1.29, 1.82) is 0 Å². The van der Waals surface area contributed by atoms with Crippen LogP contribution in [0.25, 0.3) is 11.1 Å². The van der Waals surface area contributed by atoms with Gasteiger partial charge in [0.1, 0.15) is 0 Å². The molecule has 0 bridgehead atoms. The number of benzene rings is 2. The number of fused-ring (bicyclic) bond motifs is 1. The molecule has 0 aromatic heterocycles. The molecule has 5 rings (SSSR count). The smallest absolute Gasteiger partial charge is 0.253 e. The van der Waals surface area contributed by atoms with Crippen molar-refractivity contribution >= 4 is 17.7 Å². The van der Waals surface area contributed by atoms with Crippen molar-refractivity contribution in [1.82, 2.24) is 14.7 Å². The second kappa shape index (κ2) is 10.1. The first-order valence-electron chi connectivity index (χ1n) is 13.0. The van der Waals surface area contributed by atoms with E-state index in [2.05, 4.69) is 12.1 Å². The molecule has 3 amide bonds. The molecule has 2 aromatic rings. The summed E-state index contributed by atoms with van der Waals surface area (Å²) in [6, 6.07) is 15.4. The second-order valence-electron chi connectivity index (χ2n) is 10.6. The molecule has 7 nitrogen and oxygen atoms in total. The summed E-state index contributed by atoms with van der Waals surface area (Å²) < 4.78 is 0. The monoisotopic (exact) mass is 489 g/mol. The van der Waals surface area contributed by atoms with Crippen LogP contribution in [0.1, 0.15) is 53.9 Å². The number of rotatable bonds is 5. The van der Waals surface area contributed by atoms with Crippen molar-refractivity contribution < 1.29 is 19.5 Å². The van der Waals surface area contributed by atoms with E-state index >= 15 is 0 Å². The first-order valence-corrected chi connectivity index (χ1v) is 13.0. The zero-order chi connectivity index (χ0) is 25.4. The number of aliphatic hydroxyl groups excluding tert-OH is 1. The van der Waals surface area contributed by atoms with Gasteiger partial charge in [-0.25, -0.2) is 0 Å². The Hall–Kier alpha value is -3.19. The summed E-state index contributed by atoms with van der Waals surface area (Å²) in [5, 5.41) is 10.1. The summed E-state index contributed by atoms with van der Waals surface area (Å²) in [7, 11) is 3.47. The molecule has 0 radical (unpaired) electrons. The maximum absolute atomic E-state index is 13.2. The molecule has 1 N–H and O–H groups in total. The maximum atomic E-state index is 13.2. The molecule has 3 fully saturated rings. The second-order valence-corrected chi connectivity index (χ2v) is 10.6. The predicted octanol–water partition coefficient (Wildman–Crippen LogP) is 3.13. The lowest BCUT2D eigenvalue weighted by Crippen LogP contribution is -2.73. The molecule has 3 atom stereocenters. The van der Waals surface area contributed by atoms with Crippen molar-refractivity contribution in [3.05, 3.63) is 59.7 Å². The highest BCUT2D eigenvalue weighted by Gasteiger charge is 2.54. The molecule has 7 heteroatoms. The van der Waals surface area contributed by atoms with Gasteiger partial charge in [-0.15, -0.1) is 0 Å². The van der Waals surface area contributed by atoms with Gasteiger partial charge in [0.15, 0.2) is 0 Å². The summed E-state index contributed by atoms with van der Waals surface area (Å²) >= 11 is 0. The quantitative estimate of drug-likeness (QED) is 0.700. The van der Waals surface area contributed by atoms with Crippen LogP contribution in [0.4, 0.5) is 0 Å². The Kier molecular flexibility index (Phi) is 6.84. The normalized spacial score (nSPS) is 24.2. The summed E-state index contributed by atoms with van der Waals surface area (Å²) in [5.41, 5.74) is 3.77. The van der Waals surface area contributed by atoms with Crippen molar-refractivity contribution in [2.24, 2.45) is 5.92 Å². The van der Waals surface area contributed by atoms with Crippen LogP contribution in [0.3, 0.4) is 0 Å². The number of hydrogen-bond acceptors (Lipinski definition) is 4. The highest BCUT2D eigenvalue weighted by atomic mass is 16.3. The predicted molar refractivity (Wildman–Crippen MR) is 137 cm³/mol. The average molecular weight is 490 g/mol. The van der Waals surface area contributed by atoms with Crippen LogP contribution in [-0.2, 0) is 9.59 Å². The molecule has 36 heavy (non-hydrogen) atoms. The summed E-state index contributed by atoms with van der Waals surface area (Å²) in [4.78, 5) is 43.4. The Morgan fingerprint density at radius 2 is 1.56 bits per heavy atom. The SMILES string of the molecule is CN(C)C(=O)c1ccc(-c2ccc([C@H]3[C@H]4CN(C(=O)C5CCCCC5)CC(=O)N4[C@H]3CO)cc2)cc1. The van der Waals surface area contributed by atoms with Crippen LogP contribution in [0.15, 0.2) is 48.5 Å². The van der Waals surface area contributed by atoms with Crippen molar-refractivity contribution in [3.8, 4) is 11.1 Å². The number of carbonyl (C=O) groups is 3. The number of nitrogens with zero attached hydrogens (tertiary/aromatic N) is 3. The van der Waals surface area contributed by atoms with Crippen molar-refractivity contribution in [2.45, 2.75) is 50.1 Å². The van der Waals surface area contributed by atoms with Crippen LogP contribution in [0, 0.1) is 5.92 Å². The molecule has 3 aliphatic rings. The molecule has 2 aliphatic heterocycles. The zero-order valence-corrected chi connectivity index (χ0v) is 21.1. The molecular formula is C29H35N3O4. The number of aliphatic hydroxyl groups is 1. The van der Waals surface area contributed by atoms with E-state index in [1.54, 1.807) is 28.8 Å². The highest BCUT2D eigenvalue weighted by Crippen LogP contribution is 2.43. The van der Waals surface area contributed by atoms with Gasteiger partial charge in [0.25, 0.3) is 5.91 Å². The topological polar surface area (TPSA) is 81.2 Å². The first kappa shape index (κ1) is 24.5. The third-order valence-corrected chi connectivity index (χ3v) is 8.19. The van der Waals surface area contributed by atoms with E-state index in [0.717, 1.165) is 42.4 Å². The molecule has 190 valence electrons. The third kappa shape index (κ3) is 4.41. The van der Waals surface area contributed by atoms with Gasteiger partial charge in [-0.3, -0.25) is 14.4 Å². The number of hydrogen-bond donors (Lipinski definition) is 1. The van der Waals surface area contributed by atoms with Gasteiger partial charge >= 0.3 is 0 Å². The van der Waals surface area contributed by atoms with E-state index in [4.69, 9.17) is 0 Å². The van der Waals surface area contributed by atoms with Crippen LogP contribution in [0.2, 0.25) is 0 Å². The maximum Gasteiger partial charge on any atom is 0.253 e. The molecule has 2 heterocycles. The molecule has 1 saturated carbocycles. The highest BCUT2D eigenvalue weighted by molar-refractivity contribution is 5.94. The Bertz CT molecular complexity index is 1120. The third-order valence-electron chi connectivity index (χ3n) is 8.19. The number of piperazine rings is 1. The molecule has 1 aliphatic carbocycles. The lowest BCUT2D eigenvalue weighted by molar-refractivity contribution is -0.168. The van der Waals surface area contributed by atoms with Gasteiger partial charge in [0, 0.05) is 38.0 Å². The van der Waals surface area contributed by atoms with Crippen molar-refractivity contribution in [3.63, 3.8) is 0 Å². The number of amides is 3. The summed E-state index contributed by atoms with van der Waals surface area (Å²) in [6.07, 6.45) is 5.21.